The first-order chi connectivity index (χ1) is 9.51. The molecule has 0 fully saturated rings. The Labute approximate surface area is 114 Å². The molecule has 1 N–H and O–H groups in total. The van der Waals surface area contributed by atoms with Crippen LogP contribution in [0.4, 0.5) is 5.95 Å². The number of aliphatic imine (C=N–C) groups is 1. The van der Waals surface area contributed by atoms with Gasteiger partial charge in [-0.05, 0) is 13.0 Å². The number of nitrogens with one attached hydrogen (secondary N) is 1. The second kappa shape index (κ2) is 5.55. The molecule has 0 radical (unpaired) electrons. The normalized spacial score (nSPS) is 11.2. The van der Waals surface area contributed by atoms with E-state index in [1.54, 1.807) is 25.9 Å². The highest BCUT2D eigenvalue weighted by Gasteiger charge is 2.12. The molecular formula is C12H15N5O3. The van der Waals surface area contributed by atoms with Crippen molar-refractivity contribution >= 4 is 23.8 Å². The molecule has 8 heteroatoms. The van der Waals surface area contributed by atoms with Crippen molar-refractivity contribution in [2.45, 2.75) is 6.92 Å². The molecule has 0 bridgehead atoms. The van der Waals surface area contributed by atoms with Crippen LogP contribution >= 0.6 is 0 Å². The van der Waals surface area contributed by atoms with Gasteiger partial charge in [0.1, 0.15) is 5.52 Å². The van der Waals surface area contributed by atoms with Gasteiger partial charge in [0, 0.05) is 20.3 Å². The van der Waals surface area contributed by atoms with Crippen molar-refractivity contribution in [1.29, 1.82) is 0 Å². The molecule has 2 rings (SSSR count). The van der Waals surface area contributed by atoms with E-state index in [4.69, 9.17) is 4.74 Å². The van der Waals surface area contributed by atoms with E-state index in [9.17, 15) is 9.59 Å². The Morgan fingerprint density at radius 1 is 1.60 bits per heavy atom. The molecule has 8 nitrogen and oxygen atoms in total. The standard InChI is InChI=1S/C12H15N5O3/c1-4-20-11(19)8-5-9-10(18)14-12(13-7-16(2)3)15-17(9)6-8/h5-7H,4H2,1-3H3,(H,14,15,18). The van der Waals surface area contributed by atoms with Crippen molar-refractivity contribution in [2.24, 2.45) is 4.99 Å². The minimum Gasteiger partial charge on any atom is -0.462 e. The number of nitrogens with zero attached hydrogens (tertiary/aromatic N) is 4. The highest BCUT2D eigenvalue weighted by molar-refractivity contribution is 5.91. The molecule has 0 aliphatic heterocycles. The van der Waals surface area contributed by atoms with E-state index >= 15 is 0 Å². The summed E-state index contributed by atoms with van der Waals surface area (Å²) in [4.78, 5) is 31.7. The van der Waals surface area contributed by atoms with Gasteiger partial charge >= 0.3 is 5.97 Å². The second-order valence-corrected chi connectivity index (χ2v) is 4.26. The number of carbonyl (C=O) groups excluding carboxylic acids is 1. The van der Waals surface area contributed by atoms with Crippen molar-refractivity contribution in [2.75, 3.05) is 20.7 Å². The summed E-state index contributed by atoms with van der Waals surface area (Å²) < 4.78 is 6.19. The summed E-state index contributed by atoms with van der Waals surface area (Å²) in [6.45, 7) is 1.99. The molecule has 0 aliphatic rings. The maximum atomic E-state index is 11.9. The summed E-state index contributed by atoms with van der Waals surface area (Å²) in [5.74, 6) is -0.335. The van der Waals surface area contributed by atoms with E-state index in [1.807, 2.05) is 0 Å². The molecule has 0 saturated heterocycles. The number of aromatic amines is 1. The van der Waals surface area contributed by atoms with Crippen LogP contribution in [0.15, 0.2) is 22.1 Å². The molecular weight excluding hydrogens is 262 g/mol. The van der Waals surface area contributed by atoms with E-state index < -0.39 is 5.97 Å². The van der Waals surface area contributed by atoms with Crippen LogP contribution in [0.25, 0.3) is 5.52 Å². The van der Waals surface area contributed by atoms with Crippen molar-refractivity contribution in [3.8, 4) is 0 Å². The lowest BCUT2D eigenvalue weighted by atomic mass is 10.3. The van der Waals surface area contributed by atoms with Gasteiger partial charge in [-0.1, -0.05) is 0 Å². The number of fused-ring (bicyclic) bond motifs is 1. The highest BCUT2D eigenvalue weighted by atomic mass is 16.5. The minimum absolute atomic E-state index is 0.155. The van der Waals surface area contributed by atoms with Gasteiger partial charge in [-0.25, -0.2) is 14.3 Å². The third kappa shape index (κ3) is 2.85. The topological polar surface area (TPSA) is 92.1 Å². The Hall–Kier alpha value is -2.64. The van der Waals surface area contributed by atoms with Crippen LogP contribution in [0.3, 0.4) is 0 Å². The minimum atomic E-state index is -0.490. The van der Waals surface area contributed by atoms with Crippen LogP contribution in [0.2, 0.25) is 0 Å². The predicted molar refractivity (Wildman–Crippen MR) is 73.6 cm³/mol. The number of carbonyl (C=O) groups is 1. The molecule has 0 spiro atoms. The average molecular weight is 277 g/mol. The Morgan fingerprint density at radius 3 is 3.00 bits per heavy atom. The van der Waals surface area contributed by atoms with Crippen LogP contribution < -0.4 is 5.56 Å². The van der Waals surface area contributed by atoms with E-state index in [2.05, 4.69) is 15.1 Å². The SMILES string of the molecule is CCOC(=O)c1cc2c(=O)[nH]c(N=CN(C)C)nn2c1. The third-order valence-electron chi connectivity index (χ3n) is 2.38. The quantitative estimate of drug-likeness (QED) is 0.497. The molecule has 0 aliphatic carbocycles. The molecule has 0 amide bonds. The molecule has 2 aromatic heterocycles. The summed E-state index contributed by atoms with van der Waals surface area (Å²) in [5, 5.41) is 4.10. The summed E-state index contributed by atoms with van der Waals surface area (Å²) in [7, 11) is 3.60. The van der Waals surface area contributed by atoms with Gasteiger partial charge in [0.15, 0.2) is 0 Å². The fraction of sp³-hybridized carbons (Fsp3) is 0.333. The highest BCUT2D eigenvalue weighted by Crippen LogP contribution is 2.08. The van der Waals surface area contributed by atoms with Gasteiger partial charge in [0.25, 0.3) is 5.56 Å². The molecule has 0 saturated carbocycles. The maximum Gasteiger partial charge on any atom is 0.339 e. The summed E-state index contributed by atoms with van der Waals surface area (Å²) >= 11 is 0. The smallest absolute Gasteiger partial charge is 0.339 e. The van der Waals surface area contributed by atoms with Crippen LogP contribution in [-0.4, -0.2) is 52.5 Å². The number of ether oxygens (including phenoxy) is 1. The number of esters is 1. The predicted octanol–water partition coefficient (Wildman–Crippen LogP) is 0.421. The number of H-pyrrole nitrogens is 1. The molecule has 0 aromatic carbocycles. The Morgan fingerprint density at radius 2 is 2.35 bits per heavy atom. The van der Waals surface area contributed by atoms with Crippen molar-refractivity contribution in [3.63, 3.8) is 0 Å². The zero-order valence-corrected chi connectivity index (χ0v) is 11.5. The Kier molecular flexibility index (Phi) is 3.83. The van der Waals surface area contributed by atoms with Gasteiger partial charge in [0.2, 0.25) is 5.95 Å². The maximum absolute atomic E-state index is 11.9. The Balaban J connectivity index is 2.44. The van der Waals surface area contributed by atoms with Crippen LogP contribution in [0, 0.1) is 0 Å². The third-order valence-corrected chi connectivity index (χ3v) is 2.38. The molecule has 20 heavy (non-hydrogen) atoms. The van der Waals surface area contributed by atoms with Gasteiger partial charge in [-0.2, -0.15) is 0 Å². The largest absolute Gasteiger partial charge is 0.462 e. The number of aromatic nitrogens is 3. The molecule has 106 valence electrons. The zero-order chi connectivity index (χ0) is 14.7. The number of hydrogen-bond acceptors (Lipinski definition) is 5. The van der Waals surface area contributed by atoms with Crippen LogP contribution in [0.5, 0.6) is 0 Å². The van der Waals surface area contributed by atoms with Gasteiger partial charge in [-0.3, -0.25) is 9.78 Å². The average Bonchev–Trinajstić information content (AvgIpc) is 2.81. The molecule has 0 unspecified atom stereocenters. The van der Waals surface area contributed by atoms with E-state index in [-0.39, 0.29) is 29.2 Å². The second-order valence-electron chi connectivity index (χ2n) is 4.26. The summed E-state index contributed by atoms with van der Waals surface area (Å²) in [5.41, 5.74) is 0.164. The van der Waals surface area contributed by atoms with Gasteiger partial charge in [-0.15, -0.1) is 5.10 Å². The van der Waals surface area contributed by atoms with Crippen LogP contribution in [0.1, 0.15) is 17.3 Å². The van der Waals surface area contributed by atoms with E-state index in [0.717, 1.165) is 0 Å². The lowest BCUT2D eigenvalue weighted by Crippen LogP contribution is -2.12. The van der Waals surface area contributed by atoms with Crippen molar-refractivity contribution in [3.05, 3.63) is 28.2 Å². The van der Waals surface area contributed by atoms with Gasteiger partial charge in [0.05, 0.1) is 18.5 Å². The van der Waals surface area contributed by atoms with Crippen LogP contribution in [-0.2, 0) is 4.74 Å². The van der Waals surface area contributed by atoms with E-state index in [0.29, 0.717) is 0 Å². The first-order valence-electron chi connectivity index (χ1n) is 6.01. The summed E-state index contributed by atoms with van der Waals surface area (Å²) in [6.07, 6.45) is 2.96. The van der Waals surface area contributed by atoms with Crippen molar-refractivity contribution < 1.29 is 9.53 Å². The summed E-state index contributed by atoms with van der Waals surface area (Å²) in [6, 6.07) is 1.43. The lowest BCUT2D eigenvalue weighted by Gasteiger charge is -2.01. The molecule has 2 heterocycles. The molecule has 2 aromatic rings. The Bertz CT molecular complexity index is 713. The molecule has 0 atom stereocenters. The lowest BCUT2D eigenvalue weighted by molar-refractivity contribution is 0.0526. The van der Waals surface area contributed by atoms with E-state index in [1.165, 1.54) is 23.1 Å². The fourth-order valence-corrected chi connectivity index (χ4v) is 1.55. The van der Waals surface area contributed by atoms with Crippen molar-refractivity contribution in [1.82, 2.24) is 19.5 Å². The van der Waals surface area contributed by atoms with Gasteiger partial charge < -0.3 is 9.64 Å². The monoisotopic (exact) mass is 277 g/mol. The number of hydrogen-bond donors (Lipinski definition) is 1. The first-order valence-corrected chi connectivity index (χ1v) is 6.01. The first kappa shape index (κ1) is 13.8. The number of rotatable bonds is 4. The fourth-order valence-electron chi connectivity index (χ4n) is 1.55. The zero-order valence-electron chi connectivity index (χ0n) is 11.5.